The Morgan fingerprint density at radius 2 is 1.82 bits per heavy atom. The maximum absolute atomic E-state index is 3.56. The van der Waals surface area contributed by atoms with Crippen LogP contribution in [0.15, 0.2) is 54.0 Å². The molecule has 1 saturated heterocycles. The Morgan fingerprint density at radius 1 is 1.00 bits per heavy atom. The highest BCUT2D eigenvalue weighted by Gasteiger charge is 2.41. The van der Waals surface area contributed by atoms with Crippen molar-refractivity contribution in [3.63, 3.8) is 0 Å². The van der Waals surface area contributed by atoms with E-state index in [1.165, 1.54) is 44.3 Å². The van der Waals surface area contributed by atoms with Crippen LogP contribution in [0.5, 0.6) is 0 Å². The van der Waals surface area contributed by atoms with Gasteiger partial charge in [-0.3, -0.25) is 5.32 Å². The van der Waals surface area contributed by atoms with Gasteiger partial charge in [0.15, 0.2) is 0 Å². The van der Waals surface area contributed by atoms with E-state index in [2.05, 4.69) is 58.1 Å². The van der Waals surface area contributed by atoms with Crippen molar-refractivity contribution in [2.75, 3.05) is 23.9 Å². The van der Waals surface area contributed by atoms with Gasteiger partial charge in [-0.25, -0.2) is 0 Å². The molecule has 3 aliphatic rings. The fourth-order valence-corrected chi connectivity index (χ4v) is 4.17. The number of nitrogens with one attached hydrogen (secondary N) is 1. The van der Waals surface area contributed by atoms with Crippen LogP contribution in [0, 0.1) is 0 Å². The number of para-hydroxylation sites is 1. The van der Waals surface area contributed by atoms with Crippen molar-refractivity contribution in [2.45, 2.75) is 37.6 Å². The van der Waals surface area contributed by atoms with Crippen molar-refractivity contribution >= 4 is 17.4 Å². The molecule has 2 aliphatic heterocycles. The predicted octanol–water partition coefficient (Wildman–Crippen LogP) is 4.56. The quantitative estimate of drug-likeness (QED) is 0.818. The number of thioether (sulfide) groups is 1. The Labute approximate surface area is 138 Å². The second-order valence-corrected chi connectivity index (χ2v) is 7.16. The molecule has 2 heterocycles. The molecule has 0 atom stereocenters. The molecule has 0 unspecified atom stereocenters. The molecule has 1 aromatic carbocycles. The lowest BCUT2D eigenvalue weighted by atomic mass is 9.81. The molecule has 0 amide bonds. The molecule has 1 aliphatic carbocycles. The summed E-state index contributed by atoms with van der Waals surface area (Å²) in [6.07, 6.45) is 13.2. The SMILES string of the molecule is C1=CCSC=C1.c1ccc(N2CNCC23CCCCC3)cc1. The molecular weight excluding hydrogens is 288 g/mol. The molecule has 2 fully saturated rings. The minimum atomic E-state index is 0.416. The van der Waals surface area contributed by atoms with Crippen LogP contribution in [-0.4, -0.2) is 24.5 Å². The average molecular weight is 314 g/mol. The third-order valence-corrected chi connectivity index (χ3v) is 5.50. The molecular formula is C19H26N2S. The Bertz CT molecular complexity index is 491. The van der Waals surface area contributed by atoms with E-state index in [1.54, 1.807) is 0 Å². The molecule has 0 aromatic heterocycles. The lowest BCUT2D eigenvalue weighted by molar-refractivity contribution is 0.312. The molecule has 1 N–H and O–H groups in total. The molecule has 0 radical (unpaired) electrons. The molecule has 1 saturated carbocycles. The number of anilines is 1. The van der Waals surface area contributed by atoms with Crippen molar-refractivity contribution in [3.8, 4) is 0 Å². The van der Waals surface area contributed by atoms with Gasteiger partial charge in [-0.1, -0.05) is 55.7 Å². The summed E-state index contributed by atoms with van der Waals surface area (Å²) in [5.41, 5.74) is 1.80. The summed E-state index contributed by atoms with van der Waals surface area (Å²) < 4.78 is 0. The van der Waals surface area contributed by atoms with Gasteiger partial charge < -0.3 is 4.90 Å². The van der Waals surface area contributed by atoms with Crippen LogP contribution < -0.4 is 10.2 Å². The Balaban J connectivity index is 0.000000202. The summed E-state index contributed by atoms with van der Waals surface area (Å²) in [4.78, 5) is 2.59. The van der Waals surface area contributed by atoms with Crippen LogP contribution in [0.2, 0.25) is 0 Å². The first-order chi connectivity index (χ1) is 10.9. The summed E-state index contributed by atoms with van der Waals surface area (Å²) in [5, 5.41) is 5.65. The molecule has 3 heteroatoms. The zero-order chi connectivity index (χ0) is 15.1. The van der Waals surface area contributed by atoms with Crippen molar-refractivity contribution in [1.29, 1.82) is 0 Å². The van der Waals surface area contributed by atoms with Crippen molar-refractivity contribution in [2.24, 2.45) is 0 Å². The van der Waals surface area contributed by atoms with Crippen molar-refractivity contribution in [1.82, 2.24) is 5.32 Å². The first kappa shape index (κ1) is 15.7. The van der Waals surface area contributed by atoms with Gasteiger partial charge in [-0.05, 0) is 30.4 Å². The van der Waals surface area contributed by atoms with Crippen LogP contribution in [-0.2, 0) is 0 Å². The molecule has 0 bridgehead atoms. The first-order valence-corrected chi connectivity index (χ1v) is 9.42. The molecule has 2 nitrogen and oxygen atoms in total. The number of rotatable bonds is 1. The number of benzene rings is 1. The average Bonchev–Trinajstić information content (AvgIpc) is 3.01. The van der Waals surface area contributed by atoms with Gasteiger partial charge >= 0.3 is 0 Å². The van der Waals surface area contributed by atoms with E-state index in [-0.39, 0.29) is 0 Å². The minimum absolute atomic E-state index is 0.416. The Kier molecular flexibility index (Phi) is 5.63. The molecule has 1 spiro atoms. The summed E-state index contributed by atoms with van der Waals surface area (Å²) in [6.45, 7) is 2.19. The van der Waals surface area contributed by atoms with E-state index in [0.29, 0.717) is 5.54 Å². The molecule has 118 valence electrons. The monoisotopic (exact) mass is 314 g/mol. The van der Waals surface area contributed by atoms with E-state index in [4.69, 9.17) is 0 Å². The lowest BCUT2D eigenvalue weighted by Crippen LogP contribution is -2.47. The number of hydrogen-bond acceptors (Lipinski definition) is 3. The maximum Gasteiger partial charge on any atom is 0.0689 e. The third-order valence-electron chi connectivity index (χ3n) is 4.76. The summed E-state index contributed by atoms with van der Waals surface area (Å²) in [6, 6.07) is 10.9. The van der Waals surface area contributed by atoms with Gasteiger partial charge in [0.1, 0.15) is 0 Å². The summed E-state index contributed by atoms with van der Waals surface area (Å²) in [5.74, 6) is 1.15. The van der Waals surface area contributed by atoms with E-state index >= 15 is 0 Å². The van der Waals surface area contributed by atoms with Gasteiger partial charge in [0.25, 0.3) is 0 Å². The molecule has 1 aromatic rings. The van der Waals surface area contributed by atoms with Gasteiger partial charge in [0.2, 0.25) is 0 Å². The Hall–Kier alpha value is -1.19. The van der Waals surface area contributed by atoms with E-state index in [9.17, 15) is 0 Å². The largest absolute Gasteiger partial charge is 0.352 e. The van der Waals surface area contributed by atoms with Crippen LogP contribution in [0.1, 0.15) is 32.1 Å². The van der Waals surface area contributed by atoms with Gasteiger partial charge in [0.05, 0.1) is 12.2 Å². The Morgan fingerprint density at radius 3 is 2.41 bits per heavy atom. The zero-order valence-corrected chi connectivity index (χ0v) is 14.0. The highest BCUT2D eigenvalue weighted by atomic mass is 32.2. The second-order valence-electron chi connectivity index (χ2n) is 6.22. The summed E-state index contributed by atoms with van der Waals surface area (Å²) >= 11 is 1.83. The number of nitrogens with zero attached hydrogens (tertiary/aromatic N) is 1. The van der Waals surface area contributed by atoms with Gasteiger partial charge in [-0.2, -0.15) is 0 Å². The van der Waals surface area contributed by atoms with E-state index < -0.39 is 0 Å². The minimum Gasteiger partial charge on any atom is -0.352 e. The second kappa shape index (κ2) is 7.89. The molecule has 4 rings (SSSR count). The normalized spacial score (nSPS) is 22.5. The lowest BCUT2D eigenvalue weighted by Gasteiger charge is -2.42. The van der Waals surface area contributed by atoms with E-state index in [0.717, 1.165) is 12.4 Å². The zero-order valence-electron chi connectivity index (χ0n) is 13.2. The molecule has 22 heavy (non-hydrogen) atoms. The predicted molar refractivity (Wildman–Crippen MR) is 98.3 cm³/mol. The van der Waals surface area contributed by atoms with Crippen molar-refractivity contribution < 1.29 is 0 Å². The topological polar surface area (TPSA) is 15.3 Å². The highest BCUT2D eigenvalue weighted by molar-refractivity contribution is 8.02. The summed E-state index contributed by atoms with van der Waals surface area (Å²) in [7, 11) is 0. The van der Waals surface area contributed by atoms with Crippen LogP contribution in [0.25, 0.3) is 0 Å². The fraction of sp³-hybridized carbons (Fsp3) is 0.474. The first-order valence-electron chi connectivity index (χ1n) is 8.37. The highest BCUT2D eigenvalue weighted by Crippen LogP contribution is 2.38. The number of allylic oxidation sites excluding steroid dienone is 2. The fourth-order valence-electron chi connectivity index (χ4n) is 3.64. The smallest absolute Gasteiger partial charge is 0.0689 e. The van der Waals surface area contributed by atoms with Gasteiger partial charge in [0, 0.05) is 18.0 Å². The third kappa shape index (κ3) is 3.76. The maximum atomic E-state index is 3.56. The van der Waals surface area contributed by atoms with E-state index in [1.807, 2.05) is 17.8 Å². The standard InChI is InChI=1S/C14H20N2.C5H6S/c1-3-7-13(8-4-1)16-12-15-11-14(16)9-5-2-6-10-14;1-2-4-6-5-3-1/h1,3-4,7-8,15H,2,5-6,9-12H2;1-4H,5H2. The van der Waals surface area contributed by atoms with Crippen LogP contribution >= 0.6 is 11.8 Å². The van der Waals surface area contributed by atoms with Crippen LogP contribution in [0.3, 0.4) is 0 Å². The van der Waals surface area contributed by atoms with Crippen molar-refractivity contribution in [3.05, 3.63) is 54.0 Å². The van der Waals surface area contributed by atoms with Crippen LogP contribution in [0.4, 0.5) is 5.69 Å². The van der Waals surface area contributed by atoms with Gasteiger partial charge in [-0.15, -0.1) is 11.8 Å². The number of hydrogen-bond donors (Lipinski definition) is 1.